The molecule has 0 aliphatic rings. The first-order valence-corrected chi connectivity index (χ1v) is 7.31. The standard InChI is InChI=1S/C16H24N2O3/c1-4-5-12(3)17-16(21)18-14-8-6-13(7-9-14)11(2)10-15(19)20/h6-9,11-12H,4-5,10H2,1-3H3,(H,19,20)(H2,17,18,21). The molecule has 1 aromatic carbocycles. The Morgan fingerprint density at radius 3 is 2.33 bits per heavy atom. The van der Waals surface area contributed by atoms with Gasteiger partial charge in [0.2, 0.25) is 0 Å². The average molecular weight is 292 g/mol. The van der Waals surface area contributed by atoms with Crippen molar-refractivity contribution < 1.29 is 14.7 Å². The van der Waals surface area contributed by atoms with E-state index in [-0.39, 0.29) is 24.4 Å². The molecule has 0 heterocycles. The number of hydrogen-bond donors (Lipinski definition) is 3. The predicted molar refractivity (Wildman–Crippen MR) is 83.6 cm³/mol. The summed E-state index contributed by atoms with van der Waals surface area (Å²) in [7, 11) is 0. The molecule has 2 amide bonds. The van der Waals surface area contributed by atoms with Gasteiger partial charge in [-0.1, -0.05) is 32.4 Å². The molecule has 0 aliphatic heterocycles. The minimum absolute atomic E-state index is 0.0463. The van der Waals surface area contributed by atoms with E-state index in [0.717, 1.165) is 18.4 Å². The molecule has 116 valence electrons. The van der Waals surface area contributed by atoms with Crippen LogP contribution in [0.4, 0.5) is 10.5 Å². The van der Waals surface area contributed by atoms with Crippen molar-refractivity contribution in [3.05, 3.63) is 29.8 Å². The number of urea groups is 1. The second-order valence-corrected chi connectivity index (χ2v) is 5.41. The van der Waals surface area contributed by atoms with Crippen molar-refractivity contribution in [3.8, 4) is 0 Å². The third kappa shape index (κ3) is 6.29. The number of rotatable bonds is 7. The molecular formula is C16H24N2O3. The zero-order chi connectivity index (χ0) is 15.8. The maximum absolute atomic E-state index is 11.8. The van der Waals surface area contributed by atoms with Gasteiger partial charge in [-0.25, -0.2) is 4.79 Å². The molecule has 0 saturated heterocycles. The van der Waals surface area contributed by atoms with E-state index >= 15 is 0 Å². The second-order valence-electron chi connectivity index (χ2n) is 5.41. The van der Waals surface area contributed by atoms with E-state index in [1.807, 2.05) is 26.0 Å². The van der Waals surface area contributed by atoms with Gasteiger partial charge in [0.1, 0.15) is 0 Å². The van der Waals surface area contributed by atoms with Crippen molar-refractivity contribution >= 4 is 17.7 Å². The van der Waals surface area contributed by atoms with Gasteiger partial charge in [-0.15, -0.1) is 0 Å². The van der Waals surface area contributed by atoms with Gasteiger partial charge in [0, 0.05) is 11.7 Å². The Bertz CT molecular complexity index is 471. The monoisotopic (exact) mass is 292 g/mol. The topological polar surface area (TPSA) is 78.4 Å². The van der Waals surface area contributed by atoms with Crippen LogP contribution in [0.25, 0.3) is 0 Å². The maximum atomic E-state index is 11.8. The Morgan fingerprint density at radius 2 is 1.81 bits per heavy atom. The van der Waals surface area contributed by atoms with Crippen molar-refractivity contribution in [2.24, 2.45) is 0 Å². The Labute approximate surface area is 125 Å². The van der Waals surface area contributed by atoms with Crippen molar-refractivity contribution in [2.45, 2.75) is 52.0 Å². The molecule has 0 radical (unpaired) electrons. The molecule has 0 aromatic heterocycles. The molecule has 1 aromatic rings. The summed E-state index contributed by atoms with van der Waals surface area (Å²) in [4.78, 5) is 22.4. The van der Waals surface area contributed by atoms with Crippen LogP contribution < -0.4 is 10.6 Å². The number of carbonyl (C=O) groups is 2. The number of anilines is 1. The molecule has 5 heteroatoms. The lowest BCUT2D eigenvalue weighted by Gasteiger charge is -2.14. The molecule has 0 aliphatic carbocycles. The first kappa shape index (κ1) is 17.0. The summed E-state index contributed by atoms with van der Waals surface area (Å²) in [6, 6.07) is 7.19. The maximum Gasteiger partial charge on any atom is 0.319 e. The van der Waals surface area contributed by atoms with E-state index in [4.69, 9.17) is 5.11 Å². The fourth-order valence-electron chi connectivity index (χ4n) is 2.17. The van der Waals surface area contributed by atoms with Crippen LogP contribution in [0.3, 0.4) is 0 Å². The highest BCUT2D eigenvalue weighted by Gasteiger charge is 2.11. The molecule has 0 fully saturated rings. The summed E-state index contributed by atoms with van der Waals surface area (Å²) in [5, 5.41) is 14.4. The number of amides is 2. The van der Waals surface area contributed by atoms with Gasteiger partial charge in [-0.2, -0.15) is 0 Å². The molecule has 2 atom stereocenters. The lowest BCUT2D eigenvalue weighted by Crippen LogP contribution is -2.35. The summed E-state index contributed by atoms with van der Waals surface area (Å²) < 4.78 is 0. The summed E-state index contributed by atoms with van der Waals surface area (Å²) in [5.74, 6) is -0.857. The Balaban J connectivity index is 2.54. The molecule has 1 rings (SSSR count). The van der Waals surface area contributed by atoms with Gasteiger partial charge in [-0.05, 0) is 37.0 Å². The van der Waals surface area contributed by atoms with E-state index in [9.17, 15) is 9.59 Å². The van der Waals surface area contributed by atoms with Crippen LogP contribution in [0.2, 0.25) is 0 Å². The SMILES string of the molecule is CCCC(C)NC(=O)Nc1ccc(C(C)CC(=O)O)cc1. The van der Waals surface area contributed by atoms with Crippen LogP contribution in [-0.2, 0) is 4.79 Å². The molecular weight excluding hydrogens is 268 g/mol. The third-order valence-corrected chi connectivity index (χ3v) is 3.32. The first-order chi connectivity index (χ1) is 9.92. The number of carboxylic acids is 1. The van der Waals surface area contributed by atoms with Crippen LogP contribution >= 0.6 is 0 Å². The van der Waals surface area contributed by atoms with Crippen molar-refractivity contribution in [1.29, 1.82) is 0 Å². The molecule has 0 spiro atoms. The summed E-state index contributed by atoms with van der Waals surface area (Å²) in [6.45, 7) is 5.92. The van der Waals surface area contributed by atoms with Crippen LogP contribution in [-0.4, -0.2) is 23.1 Å². The molecule has 21 heavy (non-hydrogen) atoms. The Morgan fingerprint density at radius 1 is 1.19 bits per heavy atom. The zero-order valence-electron chi connectivity index (χ0n) is 12.8. The third-order valence-electron chi connectivity index (χ3n) is 3.32. The Kier molecular flexibility index (Phi) is 6.72. The molecule has 2 unspecified atom stereocenters. The highest BCUT2D eigenvalue weighted by atomic mass is 16.4. The molecule has 0 saturated carbocycles. The highest BCUT2D eigenvalue weighted by molar-refractivity contribution is 5.89. The summed E-state index contributed by atoms with van der Waals surface area (Å²) >= 11 is 0. The fourth-order valence-corrected chi connectivity index (χ4v) is 2.17. The predicted octanol–water partition coefficient (Wildman–Crippen LogP) is 3.57. The molecule has 5 nitrogen and oxygen atoms in total. The largest absolute Gasteiger partial charge is 0.481 e. The van der Waals surface area contributed by atoms with Crippen molar-refractivity contribution in [3.63, 3.8) is 0 Å². The van der Waals surface area contributed by atoms with Gasteiger partial charge in [0.25, 0.3) is 0 Å². The lowest BCUT2D eigenvalue weighted by atomic mass is 9.98. The van der Waals surface area contributed by atoms with E-state index in [0.29, 0.717) is 5.69 Å². The number of benzene rings is 1. The van der Waals surface area contributed by atoms with Crippen molar-refractivity contribution in [1.82, 2.24) is 5.32 Å². The van der Waals surface area contributed by atoms with Gasteiger partial charge in [-0.3, -0.25) is 4.79 Å². The van der Waals surface area contributed by atoms with E-state index in [1.54, 1.807) is 12.1 Å². The number of hydrogen-bond acceptors (Lipinski definition) is 2. The average Bonchev–Trinajstić information content (AvgIpc) is 2.38. The number of carboxylic acid groups (broad SMARTS) is 1. The van der Waals surface area contributed by atoms with Crippen LogP contribution in [0, 0.1) is 0 Å². The first-order valence-electron chi connectivity index (χ1n) is 7.31. The van der Waals surface area contributed by atoms with Gasteiger partial charge < -0.3 is 15.7 Å². The van der Waals surface area contributed by atoms with Gasteiger partial charge in [0.15, 0.2) is 0 Å². The normalized spacial score (nSPS) is 13.3. The summed E-state index contributed by atoms with van der Waals surface area (Å²) in [5.41, 5.74) is 1.64. The number of carbonyl (C=O) groups excluding carboxylic acids is 1. The quantitative estimate of drug-likeness (QED) is 0.718. The van der Waals surface area contributed by atoms with Gasteiger partial charge in [0.05, 0.1) is 6.42 Å². The Hall–Kier alpha value is -2.04. The lowest BCUT2D eigenvalue weighted by molar-refractivity contribution is -0.137. The van der Waals surface area contributed by atoms with E-state index in [2.05, 4.69) is 17.6 Å². The van der Waals surface area contributed by atoms with E-state index in [1.165, 1.54) is 0 Å². The number of aliphatic carboxylic acids is 1. The van der Waals surface area contributed by atoms with Gasteiger partial charge >= 0.3 is 12.0 Å². The highest BCUT2D eigenvalue weighted by Crippen LogP contribution is 2.20. The minimum Gasteiger partial charge on any atom is -0.481 e. The molecule has 0 bridgehead atoms. The smallest absolute Gasteiger partial charge is 0.319 e. The molecule has 3 N–H and O–H groups in total. The van der Waals surface area contributed by atoms with Crippen LogP contribution in [0.15, 0.2) is 24.3 Å². The fraction of sp³-hybridized carbons (Fsp3) is 0.500. The van der Waals surface area contributed by atoms with Crippen LogP contribution in [0.5, 0.6) is 0 Å². The van der Waals surface area contributed by atoms with E-state index < -0.39 is 5.97 Å². The second kappa shape index (κ2) is 8.29. The van der Waals surface area contributed by atoms with Crippen LogP contribution in [0.1, 0.15) is 51.5 Å². The van der Waals surface area contributed by atoms with Crippen molar-refractivity contribution in [2.75, 3.05) is 5.32 Å². The number of nitrogens with one attached hydrogen (secondary N) is 2. The zero-order valence-corrected chi connectivity index (χ0v) is 12.8. The summed E-state index contributed by atoms with van der Waals surface area (Å²) in [6.07, 6.45) is 2.07. The minimum atomic E-state index is -0.811.